The molecule has 0 heterocycles. The average Bonchev–Trinajstić information content (AvgIpc) is 2.25. The second-order valence-electron chi connectivity index (χ2n) is 4.26. The molecular weight excluding hydrogens is 258 g/mol. The third-order valence-corrected chi connectivity index (χ3v) is 4.09. The van der Waals surface area contributed by atoms with Gasteiger partial charge in [0, 0.05) is 13.6 Å². The van der Waals surface area contributed by atoms with Gasteiger partial charge in [0.1, 0.15) is 5.75 Å². The number of nitrogens with zero attached hydrogens (tertiary/aromatic N) is 1. The van der Waals surface area contributed by atoms with Crippen LogP contribution in [0.2, 0.25) is 0 Å². The van der Waals surface area contributed by atoms with Crippen LogP contribution >= 0.6 is 0 Å². The highest BCUT2D eigenvalue weighted by Gasteiger charge is 2.19. The maximum absolute atomic E-state index is 11.6. The first kappa shape index (κ1) is 16.9. The Bertz CT molecular complexity index is 377. The lowest BCUT2D eigenvalue weighted by molar-refractivity contribution is -0.137. The minimum Gasteiger partial charge on any atom is -0.481 e. The van der Waals surface area contributed by atoms with Gasteiger partial charge in [-0.3, -0.25) is 9.59 Å². The van der Waals surface area contributed by atoms with Gasteiger partial charge in [0.15, 0.2) is 9.84 Å². The Kier molecular flexibility index (Phi) is 7.58. The highest BCUT2D eigenvalue weighted by Crippen LogP contribution is 2.02. The number of carboxylic acids is 1. The van der Waals surface area contributed by atoms with Crippen LogP contribution in [0.15, 0.2) is 0 Å². The van der Waals surface area contributed by atoms with E-state index >= 15 is 0 Å². The normalized spacial score (nSPS) is 11.2. The van der Waals surface area contributed by atoms with Crippen LogP contribution in [-0.2, 0) is 19.4 Å². The zero-order chi connectivity index (χ0) is 14.2. The number of unbranched alkanes of at least 4 members (excludes halogenated alkanes) is 2. The number of aliphatic carboxylic acids is 1. The molecule has 0 aromatic rings. The number of hydrogen-bond acceptors (Lipinski definition) is 4. The van der Waals surface area contributed by atoms with Crippen LogP contribution in [0, 0.1) is 0 Å². The van der Waals surface area contributed by atoms with Crippen molar-refractivity contribution in [2.75, 3.05) is 25.1 Å². The Labute approximate surface area is 108 Å². The number of hydrogen-bond donors (Lipinski definition) is 1. The fourth-order valence-corrected chi connectivity index (χ4v) is 2.72. The molecule has 0 saturated carbocycles. The molecule has 0 saturated heterocycles. The van der Waals surface area contributed by atoms with E-state index in [1.54, 1.807) is 0 Å². The van der Waals surface area contributed by atoms with Crippen molar-refractivity contribution in [3.05, 3.63) is 0 Å². The van der Waals surface area contributed by atoms with Gasteiger partial charge >= 0.3 is 5.97 Å². The summed E-state index contributed by atoms with van der Waals surface area (Å²) in [5.41, 5.74) is 0. The van der Waals surface area contributed by atoms with Crippen LogP contribution in [0.4, 0.5) is 0 Å². The summed E-state index contributed by atoms with van der Waals surface area (Å²) in [5.74, 6) is -2.08. The summed E-state index contributed by atoms with van der Waals surface area (Å²) in [6.07, 6.45) is 2.12. The second-order valence-corrected chi connectivity index (χ2v) is 6.44. The smallest absolute Gasteiger partial charge is 0.305 e. The molecule has 6 nitrogen and oxygen atoms in total. The second kappa shape index (κ2) is 8.07. The monoisotopic (exact) mass is 279 g/mol. The highest BCUT2D eigenvalue weighted by atomic mass is 32.2. The van der Waals surface area contributed by atoms with E-state index in [1.807, 2.05) is 6.92 Å². The lowest BCUT2D eigenvalue weighted by atomic mass is 10.3. The predicted octanol–water partition coefficient (Wildman–Crippen LogP) is 0.524. The number of rotatable bonds is 9. The summed E-state index contributed by atoms with van der Waals surface area (Å²) in [6.45, 7) is 2.00. The molecule has 0 aromatic carbocycles. The molecule has 18 heavy (non-hydrogen) atoms. The summed E-state index contributed by atoms with van der Waals surface area (Å²) in [6, 6.07) is 0. The molecule has 7 heteroatoms. The average molecular weight is 279 g/mol. The molecular formula is C11H21NO5S. The van der Waals surface area contributed by atoms with Gasteiger partial charge in [-0.15, -0.1) is 0 Å². The predicted molar refractivity (Wildman–Crippen MR) is 68.1 cm³/mol. The quantitative estimate of drug-likeness (QED) is 0.621. The first-order chi connectivity index (χ1) is 8.28. The maximum Gasteiger partial charge on any atom is 0.305 e. The summed E-state index contributed by atoms with van der Waals surface area (Å²) in [7, 11) is -1.97. The van der Waals surface area contributed by atoms with Crippen molar-refractivity contribution < 1.29 is 23.1 Å². The molecule has 0 rings (SSSR count). The van der Waals surface area contributed by atoms with Crippen molar-refractivity contribution in [2.45, 2.75) is 32.6 Å². The number of sulfone groups is 1. The minimum absolute atomic E-state index is 0.0132. The molecule has 0 aliphatic rings. The molecule has 0 fully saturated rings. The molecule has 1 N–H and O–H groups in total. The Hall–Kier alpha value is -1.11. The van der Waals surface area contributed by atoms with Gasteiger partial charge in [-0.25, -0.2) is 8.42 Å². The van der Waals surface area contributed by atoms with Crippen molar-refractivity contribution in [2.24, 2.45) is 0 Å². The van der Waals surface area contributed by atoms with Crippen molar-refractivity contribution in [3.8, 4) is 0 Å². The maximum atomic E-state index is 11.6. The zero-order valence-corrected chi connectivity index (χ0v) is 11.7. The van der Waals surface area contributed by atoms with Gasteiger partial charge in [0.25, 0.3) is 0 Å². The summed E-state index contributed by atoms with van der Waals surface area (Å²) < 4.78 is 23.2. The van der Waals surface area contributed by atoms with Crippen LogP contribution < -0.4 is 0 Å². The minimum atomic E-state index is -3.38. The SMILES string of the molecule is CCCCCS(=O)(=O)CC(=O)N(C)CCC(=O)O. The van der Waals surface area contributed by atoms with Crippen LogP contribution in [0.3, 0.4) is 0 Å². The summed E-state index contributed by atoms with van der Waals surface area (Å²) >= 11 is 0. The zero-order valence-electron chi connectivity index (χ0n) is 10.9. The Balaban J connectivity index is 4.16. The van der Waals surface area contributed by atoms with E-state index in [9.17, 15) is 18.0 Å². The van der Waals surface area contributed by atoms with Crippen molar-refractivity contribution in [3.63, 3.8) is 0 Å². The Morgan fingerprint density at radius 3 is 2.33 bits per heavy atom. The van der Waals surface area contributed by atoms with Crippen LogP contribution in [-0.4, -0.2) is 55.4 Å². The fourth-order valence-electron chi connectivity index (χ4n) is 1.33. The van der Waals surface area contributed by atoms with Gasteiger partial charge < -0.3 is 10.0 Å². The van der Waals surface area contributed by atoms with E-state index in [0.717, 1.165) is 17.7 Å². The molecule has 106 valence electrons. The number of amides is 1. The van der Waals surface area contributed by atoms with E-state index in [4.69, 9.17) is 5.11 Å². The van der Waals surface area contributed by atoms with Gasteiger partial charge in [-0.1, -0.05) is 19.8 Å². The molecule has 0 aliphatic heterocycles. The number of carboxylic acid groups (broad SMARTS) is 1. The van der Waals surface area contributed by atoms with E-state index in [2.05, 4.69) is 0 Å². The molecule has 0 unspecified atom stereocenters. The lowest BCUT2D eigenvalue weighted by Crippen LogP contribution is -2.34. The highest BCUT2D eigenvalue weighted by molar-refractivity contribution is 7.92. The van der Waals surface area contributed by atoms with E-state index < -0.39 is 27.5 Å². The molecule has 0 bridgehead atoms. The first-order valence-corrected chi connectivity index (χ1v) is 7.77. The van der Waals surface area contributed by atoms with E-state index in [0.29, 0.717) is 6.42 Å². The number of carbonyl (C=O) groups is 2. The van der Waals surface area contributed by atoms with Gasteiger partial charge in [-0.05, 0) is 6.42 Å². The van der Waals surface area contributed by atoms with E-state index in [1.165, 1.54) is 7.05 Å². The van der Waals surface area contributed by atoms with E-state index in [-0.39, 0.29) is 18.7 Å². The molecule has 0 aromatic heterocycles. The van der Waals surface area contributed by atoms with Crippen LogP contribution in [0.5, 0.6) is 0 Å². The fraction of sp³-hybridized carbons (Fsp3) is 0.818. The van der Waals surface area contributed by atoms with Crippen molar-refractivity contribution >= 4 is 21.7 Å². The Morgan fingerprint density at radius 1 is 1.22 bits per heavy atom. The topological polar surface area (TPSA) is 91.8 Å². The molecule has 0 spiro atoms. The lowest BCUT2D eigenvalue weighted by Gasteiger charge is -2.15. The van der Waals surface area contributed by atoms with Gasteiger partial charge in [-0.2, -0.15) is 0 Å². The van der Waals surface area contributed by atoms with Crippen molar-refractivity contribution in [1.29, 1.82) is 0 Å². The van der Waals surface area contributed by atoms with Crippen LogP contribution in [0.25, 0.3) is 0 Å². The summed E-state index contributed by atoms with van der Waals surface area (Å²) in [4.78, 5) is 23.0. The van der Waals surface area contributed by atoms with Gasteiger partial charge in [0.2, 0.25) is 5.91 Å². The third-order valence-electron chi connectivity index (χ3n) is 2.49. The molecule has 0 atom stereocenters. The van der Waals surface area contributed by atoms with Crippen LogP contribution in [0.1, 0.15) is 32.6 Å². The van der Waals surface area contributed by atoms with Crippen molar-refractivity contribution in [1.82, 2.24) is 4.90 Å². The van der Waals surface area contributed by atoms with Gasteiger partial charge in [0.05, 0.1) is 12.2 Å². The standard InChI is InChI=1S/C11H21NO5S/c1-3-4-5-8-18(16,17)9-10(13)12(2)7-6-11(14)15/h3-9H2,1-2H3,(H,14,15). The molecule has 0 aliphatic carbocycles. The molecule has 1 amide bonds. The largest absolute Gasteiger partial charge is 0.481 e. The first-order valence-electron chi connectivity index (χ1n) is 5.94. The Morgan fingerprint density at radius 2 is 1.83 bits per heavy atom. The number of carbonyl (C=O) groups excluding carboxylic acids is 1. The molecule has 0 radical (unpaired) electrons. The third kappa shape index (κ3) is 8.05. The summed E-state index contributed by atoms with van der Waals surface area (Å²) in [5, 5.41) is 8.46.